The number of hydrogen-bond donors (Lipinski definition) is 1. The molecule has 10 nitrogen and oxygen atoms in total. The largest absolute Gasteiger partial charge is 0.475 e. The number of nitrogens with zero attached hydrogens (tertiary/aromatic N) is 3. The van der Waals surface area contributed by atoms with Gasteiger partial charge in [-0.05, 0) is 42.0 Å². The van der Waals surface area contributed by atoms with Crippen LogP contribution in [0.5, 0.6) is 5.88 Å². The van der Waals surface area contributed by atoms with Crippen molar-refractivity contribution in [2.24, 2.45) is 5.92 Å². The standard InChI is InChI=1S/C29H38N4O6S/c1-18(2)26(23-15-24(32-39-23)38-14-12-25(36-4)37-5)29(35)33-13-6-7-22(33)28(34)30-16-20-8-10-21(11-9-20)27-19(3)31-17-40-27/h8-11,15,17-18,22,25-26H,6-7,12-14,16H2,1-5H3,(H,30,34)/t22-,26?/m0/s1. The van der Waals surface area contributed by atoms with E-state index >= 15 is 0 Å². The number of ether oxygens (including phenoxy) is 3. The van der Waals surface area contributed by atoms with E-state index in [1.165, 1.54) is 0 Å². The van der Waals surface area contributed by atoms with Crippen LogP contribution in [0.15, 0.2) is 40.4 Å². The fourth-order valence-corrected chi connectivity index (χ4v) is 5.77. The summed E-state index contributed by atoms with van der Waals surface area (Å²) in [6, 6.07) is 9.24. The number of hydrogen-bond acceptors (Lipinski definition) is 9. The molecule has 1 saturated heterocycles. The Hall–Kier alpha value is -3.28. The van der Waals surface area contributed by atoms with E-state index in [0.29, 0.717) is 44.2 Å². The molecule has 3 aromatic rings. The van der Waals surface area contributed by atoms with Gasteiger partial charge in [-0.25, -0.2) is 4.98 Å². The fraction of sp³-hybridized carbons (Fsp3) is 0.517. The minimum absolute atomic E-state index is 0.0651. The molecule has 2 aromatic heterocycles. The Morgan fingerprint density at radius 1 is 1.20 bits per heavy atom. The van der Waals surface area contributed by atoms with Crippen molar-refractivity contribution in [1.29, 1.82) is 0 Å². The zero-order valence-corrected chi connectivity index (χ0v) is 24.5. The van der Waals surface area contributed by atoms with Crippen molar-refractivity contribution in [3.05, 3.63) is 52.9 Å². The van der Waals surface area contributed by atoms with Crippen LogP contribution in [-0.2, 0) is 25.6 Å². The highest BCUT2D eigenvalue weighted by atomic mass is 32.1. The third kappa shape index (κ3) is 7.07. The molecule has 1 aromatic carbocycles. The molecule has 0 bridgehead atoms. The smallest absolute Gasteiger partial charge is 0.254 e. The van der Waals surface area contributed by atoms with E-state index in [2.05, 4.69) is 15.5 Å². The van der Waals surface area contributed by atoms with Crippen LogP contribution in [0.3, 0.4) is 0 Å². The zero-order valence-electron chi connectivity index (χ0n) is 23.7. The highest BCUT2D eigenvalue weighted by Gasteiger charge is 2.40. The van der Waals surface area contributed by atoms with Crippen molar-refractivity contribution in [3.63, 3.8) is 0 Å². The maximum absolute atomic E-state index is 13.7. The van der Waals surface area contributed by atoms with Gasteiger partial charge in [-0.2, -0.15) is 0 Å². The molecule has 2 amide bonds. The number of carbonyl (C=O) groups is 2. The minimum Gasteiger partial charge on any atom is -0.475 e. The van der Waals surface area contributed by atoms with E-state index in [0.717, 1.165) is 28.1 Å². The van der Waals surface area contributed by atoms with Crippen LogP contribution >= 0.6 is 11.3 Å². The van der Waals surface area contributed by atoms with E-state index in [-0.39, 0.29) is 24.0 Å². The molecule has 3 heterocycles. The molecular weight excluding hydrogens is 532 g/mol. The number of carbonyl (C=O) groups excluding carboxylic acids is 2. The summed E-state index contributed by atoms with van der Waals surface area (Å²) in [5.41, 5.74) is 4.95. The van der Waals surface area contributed by atoms with Crippen LogP contribution in [0.1, 0.15) is 56.0 Å². The van der Waals surface area contributed by atoms with E-state index < -0.39 is 12.0 Å². The van der Waals surface area contributed by atoms with Crippen LogP contribution in [-0.4, -0.2) is 66.6 Å². The first-order chi connectivity index (χ1) is 19.3. The topological polar surface area (TPSA) is 116 Å². The van der Waals surface area contributed by atoms with Crippen molar-refractivity contribution in [1.82, 2.24) is 20.4 Å². The summed E-state index contributed by atoms with van der Waals surface area (Å²) in [6.07, 6.45) is 1.53. The van der Waals surface area contributed by atoms with Gasteiger partial charge >= 0.3 is 0 Å². The van der Waals surface area contributed by atoms with Crippen molar-refractivity contribution < 1.29 is 28.3 Å². The van der Waals surface area contributed by atoms with Gasteiger partial charge in [-0.3, -0.25) is 9.59 Å². The third-order valence-corrected chi connectivity index (χ3v) is 8.12. The number of amides is 2. The van der Waals surface area contributed by atoms with Crippen molar-refractivity contribution in [2.45, 2.75) is 64.8 Å². The first-order valence-corrected chi connectivity index (χ1v) is 14.4. The second-order valence-corrected chi connectivity index (χ2v) is 11.1. The second kappa shape index (κ2) is 13.9. The molecule has 216 valence electrons. The minimum atomic E-state index is -0.577. The Morgan fingerprint density at radius 3 is 2.60 bits per heavy atom. The Bertz CT molecular complexity index is 1250. The molecule has 4 rings (SSSR count). The van der Waals surface area contributed by atoms with E-state index in [4.69, 9.17) is 18.7 Å². The van der Waals surface area contributed by atoms with Crippen LogP contribution in [0.2, 0.25) is 0 Å². The summed E-state index contributed by atoms with van der Waals surface area (Å²) in [7, 11) is 3.13. The number of nitrogens with one attached hydrogen (secondary N) is 1. The Kier molecular flexibility index (Phi) is 10.3. The Balaban J connectivity index is 1.36. The Labute approximate surface area is 239 Å². The number of rotatable bonds is 13. The summed E-state index contributed by atoms with van der Waals surface area (Å²) in [4.78, 5) is 34.1. The maximum atomic E-state index is 13.7. The fourth-order valence-electron chi connectivity index (χ4n) is 4.96. The summed E-state index contributed by atoms with van der Waals surface area (Å²) in [5.74, 6) is -0.211. The summed E-state index contributed by atoms with van der Waals surface area (Å²) >= 11 is 1.61. The van der Waals surface area contributed by atoms with Gasteiger partial charge in [-0.1, -0.05) is 38.1 Å². The lowest BCUT2D eigenvalue weighted by atomic mass is 9.91. The number of aryl methyl sites for hydroxylation is 1. The SMILES string of the molecule is COC(CCOc1cc(C(C(=O)N2CCC[C@H]2C(=O)NCc2ccc(-c3scnc3C)cc2)C(C)C)on1)OC. The van der Waals surface area contributed by atoms with E-state index in [1.54, 1.807) is 36.5 Å². The monoisotopic (exact) mass is 570 g/mol. The highest BCUT2D eigenvalue weighted by Crippen LogP contribution is 2.32. The van der Waals surface area contributed by atoms with Crippen molar-refractivity contribution >= 4 is 23.2 Å². The van der Waals surface area contributed by atoms with Gasteiger partial charge < -0.3 is 29.0 Å². The van der Waals surface area contributed by atoms with Crippen LogP contribution in [0, 0.1) is 12.8 Å². The average molecular weight is 571 g/mol. The summed E-state index contributed by atoms with van der Waals surface area (Å²) in [6.45, 7) is 7.14. The lowest BCUT2D eigenvalue weighted by molar-refractivity contribution is -0.140. The molecule has 0 aliphatic carbocycles. The first-order valence-electron chi connectivity index (χ1n) is 13.5. The molecule has 1 fully saturated rings. The third-order valence-electron chi connectivity index (χ3n) is 7.14. The molecule has 1 unspecified atom stereocenters. The van der Waals surface area contributed by atoms with Crippen molar-refractivity contribution in [2.75, 3.05) is 27.4 Å². The lowest BCUT2D eigenvalue weighted by Crippen LogP contribution is -2.47. The summed E-state index contributed by atoms with van der Waals surface area (Å²) in [5, 5.41) is 7.02. The Morgan fingerprint density at radius 2 is 1.95 bits per heavy atom. The molecule has 11 heteroatoms. The van der Waals surface area contributed by atoms with Crippen LogP contribution in [0.4, 0.5) is 0 Å². The molecule has 1 aliphatic heterocycles. The van der Waals surface area contributed by atoms with Gasteiger partial charge in [0.1, 0.15) is 12.0 Å². The van der Waals surface area contributed by atoms with E-state index in [9.17, 15) is 9.59 Å². The van der Waals surface area contributed by atoms with Gasteiger partial charge in [0, 0.05) is 39.8 Å². The number of benzene rings is 1. The van der Waals surface area contributed by atoms with Gasteiger partial charge in [0.25, 0.3) is 5.88 Å². The van der Waals surface area contributed by atoms with Crippen molar-refractivity contribution in [3.8, 4) is 16.3 Å². The number of methoxy groups -OCH3 is 2. The lowest BCUT2D eigenvalue weighted by Gasteiger charge is -2.28. The maximum Gasteiger partial charge on any atom is 0.254 e. The molecule has 0 radical (unpaired) electrons. The average Bonchev–Trinajstić information content (AvgIpc) is 3.71. The molecule has 1 aliphatic rings. The number of aromatic nitrogens is 2. The molecule has 2 atom stereocenters. The predicted molar refractivity (Wildman–Crippen MR) is 151 cm³/mol. The van der Waals surface area contributed by atoms with Gasteiger partial charge in [-0.15, -0.1) is 11.3 Å². The predicted octanol–water partition coefficient (Wildman–Crippen LogP) is 4.54. The second-order valence-electron chi connectivity index (χ2n) is 10.2. The molecule has 40 heavy (non-hydrogen) atoms. The zero-order chi connectivity index (χ0) is 28.6. The number of thiazole rings is 1. The van der Waals surface area contributed by atoms with Gasteiger partial charge in [0.05, 0.1) is 22.7 Å². The quantitative estimate of drug-likeness (QED) is 0.298. The number of likely N-dealkylation sites (tertiary alicyclic amines) is 1. The van der Waals surface area contributed by atoms with Crippen LogP contribution < -0.4 is 10.1 Å². The summed E-state index contributed by atoms with van der Waals surface area (Å²) < 4.78 is 21.5. The molecular formula is C29H38N4O6S. The van der Waals surface area contributed by atoms with Gasteiger partial charge in [0.15, 0.2) is 12.1 Å². The van der Waals surface area contributed by atoms with Gasteiger partial charge in [0.2, 0.25) is 11.8 Å². The normalized spacial score (nSPS) is 16.1. The van der Waals surface area contributed by atoms with Crippen LogP contribution in [0.25, 0.3) is 10.4 Å². The molecule has 0 spiro atoms. The molecule has 0 saturated carbocycles. The van der Waals surface area contributed by atoms with E-state index in [1.807, 2.05) is 50.5 Å². The first kappa shape index (κ1) is 29.7. The molecule has 1 N–H and O–H groups in total. The highest BCUT2D eigenvalue weighted by molar-refractivity contribution is 7.13.